The quantitative estimate of drug-likeness (QED) is 0.660. The van der Waals surface area contributed by atoms with E-state index in [1.807, 2.05) is 0 Å². The number of hydrogen-bond donors (Lipinski definition) is 2. The van der Waals surface area contributed by atoms with Crippen molar-refractivity contribution in [2.24, 2.45) is 5.92 Å². The molecule has 1 fully saturated rings. The highest BCUT2D eigenvalue weighted by Crippen LogP contribution is 2.28. The molecule has 29 heavy (non-hydrogen) atoms. The van der Waals surface area contributed by atoms with Gasteiger partial charge in [0.1, 0.15) is 5.82 Å². The molecule has 1 heterocycles. The van der Waals surface area contributed by atoms with Crippen LogP contribution in [-0.4, -0.2) is 42.9 Å². The number of aliphatic hydroxyl groups is 1. The van der Waals surface area contributed by atoms with E-state index in [0.29, 0.717) is 12.1 Å². The average Bonchev–Trinajstić information content (AvgIpc) is 2.67. The van der Waals surface area contributed by atoms with Crippen LogP contribution in [0.4, 0.5) is 10.1 Å². The lowest BCUT2D eigenvalue weighted by atomic mass is 9.99. The van der Waals surface area contributed by atoms with E-state index in [1.165, 1.54) is 40.7 Å². The van der Waals surface area contributed by atoms with Crippen molar-refractivity contribution in [2.75, 3.05) is 18.4 Å². The van der Waals surface area contributed by atoms with Crippen molar-refractivity contribution >= 4 is 49.1 Å². The Morgan fingerprint density at radius 2 is 2.03 bits per heavy atom. The second-order valence-electron chi connectivity index (χ2n) is 6.92. The average molecular weight is 506 g/mol. The number of amides is 1. The van der Waals surface area contributed by atoms with Crippen molar-refractivity contribution in [3.8, 4) is 0 Å². The number of aliphatic hydroxyl groups excluding tert-OH is 1. The number of carbonyl (C=O) groups excluding carboxylic acids is 1. The van der Waals surface area contributed by atoms with Crippen molar-refractivity contribution in [2.45, 2.75) is 24.3 Å². The fourth-order valence-electron chi connectivity index (χ4n) is 3.07. The maximum Gasteiger partial charge on any atom is 0.257 e. The van der Waals surface area contributed by atoms with E-state index in [9.17, 15) is 22.7 Å². The minimum absolute atomic E-state index is 0.0155. The van der Waals surface area contributed by atoms with Crippen molar-refractivity contribution < 1.29 is 22.7 Å². The molecular formula is C19H19BrClFN2O4S. The number of piperidine rings is 1. The second-order valence-corrected chi connectivity index (χ2v) is 10.1. The first kappa shape index (κ1) is 22.2. The van der Waals surface area contributed by atoms with E-state index >= 15 is 0 Å². The summed E-state index contributed by atoms with van der Waals surface area (Å²) >= 11 is 9.16. The molecule has 2 aromatic rings. The van der Waals surface area contributed by atoms with E-state index in [4.69, 9.17) is 11.6 Å². The van der Waals surface area contributed by atoms with Gasteiger partial charge in [-0.2, -0.15) is 4.31 Å². The summed E-state index contributed by atoms with van der Waals surface area (Å²) in [6, 6.07) is 7.88. The normalized spacial score (nSPS) is 20.4. The van der Waals surface area contributed by atoms with Crippen molar-refractivity contribution in [3.63, 3.8) is 0 Å². The first-order valence-electron chi connectivity index (χ1n) is 8.84. The van der Waals surface area contributed by atoms with Gasteiger partial charge < -0.3 is 10.4 Å². The lowest BCUT2D eigenvalue weighted by molar-refractivity contribution is 0.0628. The standard InChI is InChI=1S/C19H19BrClFN2O4S/c1-11-10-24(7-6-18(11)25)29(27,28)13-3-4-16(21)14(9-13)19(26)23-12-2-5-17(22)15(20)8-12/h2-5,8-9,11,18,25H,6-7,10H2,1H3,(H,23,26). The topological polar surface area (TPSA) is 86.7 Å². The van der Waals surface area contributed by atoms with Gasteiger partial charge in [0.15, 0.2) is 0 Å². The Kier molecular flexibility index (Phi) is 6.64. The molecule has 2 aromatic carbocycles. The maximum atomic E-state index is 13.4. The zero-order valence-electron chi connectivity index (χ0n) is 15.4. The molecule has 2 N–H and O–H groups in total. The van der Waals surface area contributed by atoms with Gasteiger partial charge in [-0.1, -0.05) is 18.5 Å². The number of rotatable bonds is 4. The monoisotopic (exact) mass is 504 g/mol. The molecule has 0 spiro atoms. The van der Waals surface area contributed by atoms with Gasteiger partial charge in [0, 0.05) is 18.8 Å². The minimum Gasteiger partial charge on any atom is -0.393 e. The van der Waals surface area contributed by atoms with Gasteiger partial charge in [-0.25, -0.2) is 12.8 Å². The number of halogens is 3. The molecule has 0 aromatic heterocycles. The van der Waals surface area contributed by atoms with Crippen molar-refractivity contribution in [1.82, 2.24) is 4.31 Å². The van der Waals surface area contributed by atoms with Crippen LogP contribution < -0.4 is 5.32 Å². The van der Waals surface area contributed by atoms with Gasteiger partial charge in [0.2, 0.25) is 10.0 Å². The van der Waals surface area contributed by atoms with Crippen LogP contribution in [0.3, 0.4) is 0 Å². The fraction of sp³-hybridized carbons (Fsp3) is 0.316. The summed E-state index contributed by atoms with van der Waals surface area (Å²) in [6.45, 7) is 2.17. The first-order valence-corrected chi connectivity index (χ1v) is 11.4. The van der Waals surface area contributed by atoms with E-state index in [0.717, 1.165) is 0 Å². The molecule has 156 valence electrons. The SMILES string of the molecule is CC1CN(S(=O)(=O)c2ccc(Cl)c(C(=O)Nc3ccc(F)c(Br)c3)c2)CCC1O. The van der Waals surface area contributed by atoms with Gasteiger partial charge in [-0.3, -0.25) is 4.79 Å². The summed E-state index contributed by atoms with van der Waals surface area (Å²) in [5, 5.41) is 12.5. The highest BCUT2D eigenvalue weighted by atomic mass is 79.9. The molecule has 0 saturated carbocycles. The number of nitrogens with zero attached hydrogens (tertiary/aromatic N) is 1. The number of sulfonamides is 1. The Morgan fingerprint density at radius 1 is 1.31 bits per heavy atom. The third-order valence-electron chi connectivity index (χ3n) is 4.82. The molecule has 1 aliphatic heterocycles. The molecule has 0 radical (unpaired) electrons. The molecule has 3 rings (SSSR count). The summed E-state index contributed by atoms with van der Waals surface area (Å²) in [5.74, 6) is -1.28. The Balaban J connectivity index is 1.87. The van der Waals surface area contributed by atoms with E-state index in [-0.39, 0.29) is 39.0 Å². The van der Waals surface area contributed by atoms with E-state index in [1.54, 1.807) is 6.92 Å². The Hall–Kier alpha value is -1.52. The lowest BCUT2D eigenvalue weighted by Gasteiger charge is -2.33. The van der Waals surface area contributed by atoms with Gasteiger partial charge in [-0.15, -0.1) is 0 Å². The van der Waals surface area contributed by atoms with Crippen LogP contribution in [0.2, 0.25) is 5.02 Å². The van der Waals surface area contributed by atoms with Crippen LogP contribution in [0.15, 0.2) is 45.8 Å². The van der Waals surface area contributed by atoms with Crippen molar-refractivity contribution in [3.05, 3.63) is 57.3 Å². The summed E-state index contributed by atoms with van der Waals surface area (Å²) in [7, 11) is -3.85. The smallest absolute Gasteiger partial charge is 0.257 e. The third-order valence-corrected chi connectivity index (χ3v) is 7.62. The maximum absolute atomic E-state index is 13.4. The summed E-state index contributed by atoms with van der Waals surface area (Å²) in [6.07, 6.45) is -0.191. The fourth-order valence-corrected chi connectivity index (χ4v) is 5.24. The molecule has 0 aliphatic carbocycles. The highest BCUT2D eigenvalue weighted by molar-refractivity contribution is 9.10. The van der Waals surface area contributed by atoms with Crippen LogP contribution in [0.1, 0.15) is 23.7 Å². The summed E-state index contributed by atoms with van der Waals surface area (Å²) < 4.78 is 40.8. The van der Waals surface area contributed by atoms with Crippen LogP contribution in [0.25, 0.3) is 0 Å². The van der Waals surface area contributed by atoms with E-state index in [2.05, 4.69) is 21.2 Å². The van der Waals surface area contributed by atoms with Crippen LogP contribution in [0.5, 0.6) is 0 Å². The van der Waals surface area contributed by atoms with Gasteiger partial charge in [-0.05, 0) is 64.7 Å². The number of benzene rings is 2. The first-order chi connectivity index (χ1) is 13.6. The van der Waals surface area contributed by atoms with Gasteiger partial charge >= 0.3 is 0 Å². The molecule has 2 atom stereocenters. The van der Waals surface area contributed by atoms with Gasteiger partial charge in [0.05, 0.1) is 26.1 Å². The Bertz CT molecular complexity index is 1050. The Labute approximate surface area is 181 Å². The molecule has 1 saturated heterocycles. The number of hydrogen-bond acceptors (Lipinski definition) is 4. The minimum atomic E-state index is -3.85. The molecule has 6 nitrogen and oxygen atoms in total. The van der Waals surface area contributed by atoms with Crippen molar-refractivity contribution in [1.29, 1.82) is 0 Å². The number of carbonyl (C=O) groups is 1. The molecule has 1 amide bonds. The zero-order valence-corrected chi connectivity index (χ0v) is 18.6. The molecule has 2 unspecified atom stereocenters. The number of anilines is 1. The van der Waals surface area contributed by atoms with Crippen LogP contribution in [-0.2, 0) is 10.0 Å². The largest absolute Gasteiger partial charge is 0.393 e. The molecule has 1 aliphatic rings. The Morgan fingerprint density at radius 3 is 2.69 bits per heavy atom. The molecular weight excluding hydrogens is 487 g/mol. The molecule has 10 heteroatoms. The predicted molar refractivity (Wildman–Crippen MR) is 112 cm³/mol. The summed E-state index contributed by atoms with van der Waals surface area (Å²) in [4.78, 5) is 12.6. The predicted octanol–water partition coefficient (Wildman–Crippen LogP) is 3.89. The van der Waals surface area contributed by atoms with E-state index < -0.39 is 27.9 Å². The van der Waals surface area contributed by atoms with Crippen LogP contribution in [0, 0.1) is 11.7 Å². The third kappa shape index (κ3) is 4.80. The zero-order chi connectivity index (χ0) is 21.3. The highest BCUT2D eigenvalue weighted by Gasteiger charge is 2.33. The van der Waals surface area contributed by atoms with Crippen LogP contribution >= 0.6 is 27.5 Å². The summed E-state index contributed by atoms with van der Waals surface area (Å²) in [5.41, 5.74) is 0.310. The lowest BCUT2D eigenvalue weighted by Crippen LogP contribution is -2.44. The number of nitrogens with one attached hydrogen (secondary N) is 1. The second kappa shape index (κ2) is 8.69. The molecule has 0 bridgehead atoms. The van der Waals surface area contributed by atoms with Gasteiger partial charge in [0.25, 0.3) is 5.91 Å².